The number of aldehydes is 1. The molecule has 0 saturated heterocycles. The molecule has 6 N–H and O–H groups in total. The van der Waals surface area contributed by atoms with Gasteiger partial charge in [-0.3, -0.25) is 28.8 Å². The predicted octanol–water partition coefficient (Wildman–Crippen LogP) is 1.64. The fourth-order valence-electron chi connectivity index (χ4n) is 6.30. The molecule has 4 amide bonds. The van der Waals surface area contributed by atoms with Crippen LogP contribution in [0.1, 0.15) is 67.8 Å². The van der Waals surface area contributed by atoms with Crippen molar-refractivity contribution < 1.29 is 48.2 Å². The molecule has 2 aliphatic heterocycles. The smallest absolute Gasteiger partial charge is 0.305 e. The minimum atomic E-state index is -1.46. The first-order chi connectivity index (χ1) is 23.7. The Kier molecular flexibility index (Phi) is 12.3. The zero-order valence-electron chi connectivity index (χ0n) is 28.0. The zero-order chi connectivity index (χ0) is 36.7. The van der Waals surface area contributed by atoms with Crippen LogP contribution < -0.4 is 21.3 Å². The van der Waals surface area contributed by atoms with Gasteiger partial charge in [-0.25, -0.2) is 4.39 Å². The van der Waals surface area contributed by atoms with Crippen LogP contribution in [-0.4, -0.2) is 87.7 Å². The van der Waals surface area contributed by atoms with Gasteiger partial charge >= 0.3 is 11.9 Å². The molecule has 14 nitrogen and oxygen atoms in total. The number of carbonyl (C=O) groups is 7. The number of nitrogens with zero attached hydrogens (tertiary/aromatic N) is 1. The van der Waals surface area contributed by atoms with Gasteiger partial charge in [0.1, 0.15) is 36.3 Å². The summed E-state index contributed by atoms with van der Waals surface area (Å²) in [7, 11) is 0. The van der Waals surface area contributed by atoms with Gasteiger partial charge in [-0.2, -0.15) is 0 Å². The molecular weight excluding hydrogens is 653 g/mol. The first-order valence-electron chi connectivity index (χ1n) is 16.4. The number of rotatable bonds is 15. The molecule has 0 unspecified atom stereocenters. The second-order valence-electron chi connectivity index (χ2n) is 12.9. The maximum Gasteiger partial charge on any atom is 0.305 e. The number of benzene rings is 2. The highest BCUT2D eigenvalue weighted by molar-refractivity contribution is 5.97. The number of carboxylic acids is 2. The number of hydrogen-bond acceptors (Lipinski definition) is 8. The third-order valence-corrected chi connectivity index (χ3v) is 8.93. The van der Waals surface area contributed by atoms with Crippen LogP contribution in [0.15, 0.2) is 36.4 Å². The summed E-state index contributed by atoms with van der Waals surface area (Å²) in [5, 5.41) is 29.2. The summed E-state index contributed by atoms with van der Waals surface area (Å²) in [5.41, 5.74) is 2.37. The van der Waals surface area contributed by atoms with Gasteiger partial charge in [0.25, 0.3) is 0 Å². The van der Waals surface area contributed by atoms with Crippen LogP contribution in [0, 0.1) is 18.7 Å². The van der Waals surface area contributed by atoms with Crippen molar-refractivity contribution in [1.82, 2.24) is 20.9 Å². The Morgan fingerprint density at radius 2 is 1.72 bits per heavy atom. The van der Waals surface area contributed by atoms with Gasteiger partial charge in [-0.15, -0.1) is 0 Å². The molecule has 0 fully saturated rings. The number of carbonyl (C=O) groups excluding carboxylic acids is 5. The molecule has 0 spiro atoms. The fraction of sp³-hybridized carbons (Fsp3) is 0.457. The van der Waals surface area contributed by atoms with E-state index in [0.717, 1.165) is 16.2 Å². The first kappa shape index (κ1) is 37.5. The number of amides is 4. The average molecular weight is 696 g/mol. The number of halogens is 1. The summed E-state index contributed by atoms with van der Waals surface area (Å²) < 4.78 is 15.2. The maximum absolute atomic E-state index is 15.2. The summed E-state index contributed by atoms with van der Waals surface area (Å²) >= 11 is 0. The third-order valence-electron chi connectivity index (χ3n) is 8.93. The molecule has 0 bridgehead atoms. The van der Waals surface area contributed by atoms with E-state index in [9.17, 15) is 43.8 Å². The highest BCUT2D eigenvalue weighted by atomic mass is 19.1. The molecule has 50 heavy (non-hydrogen) atoms. The molecule has 0 aromatic heterocycles. The van der Waals surface area contributed by atoms with Gasteiger partial charge in [0.05, 0.1) is 12.5 Å². The number of nitrogens with one attached hydrogen (secondary N) is 4. The molecule has 5 atom stereocenters. The lowest BCUT2D eigenvalue weighted by Gasteiger charge is -2.39. The van der Waals surface area contributed by atoms with E-state index in [1.165, 1.54) is 12.1 Å². The van der Waals surface area contributed by atoms with Crippen LogP contribution in [0.4, 0.5) is 10.1 Å². The van der Waals surface area contributed by atoms with Crippen molar-refractivity contribution in [2.24, 2.45) is 5.92 Å². The molecule has 15 heteroatoms. The van der Waals surface area contributed by atoms with E-state index in [1.54, 1.807) is 20.8 Å². The number of aryl methyl sites for hydroxylation is 1. The van der Waals surface area contributed by atoms with Gasteiger partial charge in [-0.1, -0.05) is 44.2 Å². The number of fused-ring (bicyclic) bond motifs is 2. The van der Waals surface area contributed by atoms with Crippen LogP contribution in [0.2, 0.25) is 0 Å². The molecule has 2 aliphatic rings. The van der Waals surface area contributed by atoms with Crippen molar-refractivity contribution in [2.75, 3.05) is 11.9 Å². The lowest BCUT2D eigenvalue weighted by molar-refractivity contribution is -0.146. The number of hydrogen-bond donors (Lipinski definition) is 6. The van der Waals surface area contributed by atoms with Crippen molar-refractivity contribution in [3.63, 3.8) is 0 Å². The van der Waals surface area contributed by atoms with Crippen molar-refractivity contribution in [2.45, 2.75) is 89.5 Å². The summed E-state index contributed by atoms with van der Waals surface area (Å²) in [6.07, 6.45) is -0.301. The van der Waals surface area contributed by atoms with E-state index in [0.29, 0.717) is 12.0 Å². The molecule has 0 radical (unpaired) electrons. The molecule has 2 heterocycles. The SMILES string of the molecule is Cc1ccc2c(c1F)CCN(C(=O)[C@@H](NC(=O)[C@H](CCCC(=O)O)NC(=O)[C@@H]1Cc3ccccc3N1)C(C)C)[C@@H]2C(=O)N[C@H](C=O)CC(=O)O. The van der Waals surface area contributed by atoms with Crippen molar-refractivity contribution in [1.29, 1.82) is 0 Å². The monoisotopic (exact) mass is 695 g/mol. The Morgan fingerprint density at radius 1 is 1.00 bits per heavy atom. The molecule has 2 aromatic carbocycles. The topological polar surface area (TPSA) is 211 Å². The van der Waals surface area contributed by atoms with Crippen LogP contribution >= 0.6 is 0 Å². The fourth-order valence-corrected chi connectivity index (χ4v) is 6.30. The lowest BCUT2D eigenvalue weighted by Crippen LogP contribution is -2.59. The lowest BCUT2D eigenvalue weighted by atomic mass is 9.88. The molecule has 4 rings (SSSR count). The number of carboxylic acid groups (broad SMARTS) is 2. The second kappa shape index (κ2) is 16.4. The number of aliphatic carboxylic acids is 2. The average Bonchev–Trinajstić information content (AvgIpc) is 3.51. The van der Waals surface area contributed by atoms with Gasteiger partial charge in [-0.05, 0) is 60.4 Å². The highest BCUT2D eigenvalue weighted by Crippen LogP contribution is 2.34. The normalized spacial score (nSPS) is 18.1. The first-order valence-corrected chi connectivity index (χ1v) is 16.4. The predicted molar refractivity (Wildman–Crippen MR) is 177 cm³/mol. The molecule has 0 aliphatic carbocycles. The van der Waals surface area contributed by atoms with Gasteiger partial charge in [0, 0.05) is 25.1 Å². The summed E-state index contributed by atoms with van der Waals surface area (Å²) in [6, 6.07) is 4.29. The molecule has 0 saturated carbocycles. The van der Waals surface area contributed by atoms with Crippen molar-refractivity contribution in [3.05, 3.63) is 64.5 Å². The number of anilines is 1. The zero-order valence-corrected chi connectivity index (χ0v) is 28.0. The van der Waals surface area contributed by atoms with Crippen LogP contribution in [0.25, 0.3) is 0 Å². The Hall–Kier alpha value is -5.34. The summed E-state index contributed by atoms with van der Waals surface area (Å²) in [4.78, 5) is 90.3. The molecule has 2 aromatic rings. The largest absolute Gasteiger partial charge is 0.481 e. The summed E-state index contributed by atoms with van der Waals surface area (Å²) in [6.45, 7) is 4.73. The minimum absolute atomic E-state index is 0.0357. The number of para-hydroxylation sites is 1. The van der Waals surface area contributed by atoms with Crippen LogP contribution in [-0.2, 0) is 46.4 Å². The summed E-state index contributed by atoms with van der Waals surface area (Å²) in [5.74, 6) is -6.38. The van der Waals surface area contributed by atoms with Crippen molar-refractivity contribution >= 4 is 47.5 Å². The third kappa shape index (κ3) is 8.81. The molecular formula is C35H42FN5O9. The van der Waals surface area contributed by atoms with E-state index in [-0.39, 0.29) is 49.6 Å². The minimum Gasteiger partial charge on any atom is -0.481 e. The van der Waals surface area contributed by atoms with Crippen molar-refractivity contribution in [3.8, 4) is 0 Å². The highest BCUT2D eigenvalue weighted by Gasteiger charge is 2.42. The van der Waals surface area contributed by atoms with Gasteiger partial charge < -0.3 is 41.2 Å². The maximum atomic E-state index is 15.2. The quantitative estimate of drug-likeness (QED) is 0.148. The van der Waals surface area contributed by atoms with Crippen LogP contribution in [0.3, 0.4) is 0 Å². The Balaban J connectivity index is 1.58. The van der Waals surface area contributed by atoms with Gasteiger partial charge in [0.15, 0.2) is 0 Å². The second-order valence-corrected chi connectivity index (χ2v) is 12.9. The molecule has 268 valence electrons. The van der Waals surface area contributed by atoms with Crippen LogP contribution in [0.5, 0.6) is 0 Å². The van der Waals surface area contributed by atoms with E-state index in [4.69, 9.17) is 0 Å². The van der Waals surface area contributed by atoms with Gasteiger partial charge in [0.2, 0.25) is 23.6 Å². The van der Waals surface area contributed by atoms with E-state index in [1.807, 2.05) is 24.3 Å². The Labute approximate surface area is 288 Å². The standard InChI is InChI=1S/C35H42FN5O9/c1-18(2)30(40-32(47)25(9-6-10-27(43)44)39-33(48)26-15-20-7-4-5-8-24(20)38-26)35(50)41-14-13-22-23(12-11-19(3)29(22)36)31(41)34(49)37-21(17-42)16-28(45)46/h4-5,7-8,11-12,17-18,21,25-26,30-31,38H,6,9-10,13-16H2,1-3H3,(H,37,49)(H,39,48)(H,40,47)(H,43,44)(H,45,46)/t21-,25-,26-,30-,31-/m0/s1. The van der Waals surface area contributed by atoms with E-state index in [2.05, 4.69) is 21.3 Å². The Bertz CT molecular complexity index is 1640. The Morgan fingerprint density at radius 3 is 2.36 bits per heavy atom. The van der Waals surface area contributed by atoms with E-state index >= 15 is 4.39 Å². The van der Waals surface area contributed by atoms with E-state index < -0.39 is 83.9 Å².